The number of likely N-dealkylation sites (tertiary alicyclic amines) is 1. The summed E-state index contributed by atoms with van der Waals surface area (Å²) >= 11 is 0. The molecule has 3 rings (SSSR count). The lowest BCUT2D eigenvalue weighted by Crippen LogP contribution is -2.43. The Hall–Kier alpha value is -3.10. The number of carbonyl (C=O) groups excluding carboxylic acids is 2. The standard InChI is InChI=1S/C20H23FN4O4/c1-2-29-20(28)14-6-4-10-25(12-14)17(26)9-8-16-19(27)22-18(24-23-16)13-5-3-7-15(21)11-13/h3,5,7,11,14H,2,4,6,8-10,12H2,1H3,(H,22,24,27)/t14-/m0/s1. The number of aromatic nitrogens is 3. The molecule has 0 bridgehead atoms. The summed E-state index contributed by atoms with van der Waals surface area (Å²) < 4.78 is 18.4. The Morgan fingerprint density at radius 2 is 2.17 bits per heavy atom. The Kier molecular flexibility index (Phi) is 6.69. The average Bonchev–Trinajstić information content (AvgIpc) is 2.73. The van der Waals surface area contributed by atoms with Crippen molar-refractivity contribution in [3.63, 3.8) is 0 Å². The number of carbonyl (C=O) groups is 2. The Labute approximate surface area is 167 Å². The minimum Gasteiger partial charge on any atom is -0.466 e. The minimum absolute atomic E-state index is 0.0899. The number of piperidine rings is 1. The molecule has 2 aromatic rings. The fourth-order valence-electron chi connectivity index (χ4n) is 3.33. The van der Waals surface area contributed by atoms with Crippen LogP contribution < -0.4 is 5.56 Å². The average molecular weight is 402 g/mol. The van der Waals surface area contributed by atoms with E-state index < -0.39 is 11.4 Å². The Morgan fingerprint density at radius 1 is 1.34 bits per heavy atom. The summed E-state index contributed by atoms with van der Waals surface area (Å²) in [4.78, 5) is 40.9. The van der Waals surface area contributed by atoms with Crippen LogP contribution in [-0.2, 0) is 20.7 Å². The van der Waals surface area contributed by atoms with Crippen LogP contribution in [0.3, 0.4) is 0 Å². The third-order valence-electron chi connectivity index (χ3n) is 4.83. The number of aromatic amines is 1. The van der Waals surface area contributed by atoms with E-state index in [0.717, 1.165) is 6.42 Å². The fourth-order valence-corrected chi connectivity index (χ4v) is 3.33. The number of nitrogens with one attached hydrogen (secondary N) is 1. The summed E-state index contributed by atoms with van der Waals surface area (Å²) in [6, 6.07) is 5.67. The number of ether oxygens (including phenoxy) is 1. The van der Waals surface area contributed by atoms with E-state index >= 15 is 0 Å². The lowest BCUT2D eigenvalue weighted by atomic mass is 9.98. The van der Waals surface area contributed by atoms with Gasteiger partial charge in [0.2, 0.25) is 5.91 Å². The first-order valence-electron chi connectivity index (χ1n) is 9.64. The second-order valence-electron chi connectivity index (χ2n) is 6.89. The van der Waals surface area contributed by atoms with E-state index in [1.54, 1.807) is 17.9 Å². The second kappa shape index (κ2) is 9.40. The summed E-state index contributed by atoms with van der Waals surface area (Å²) in [5.74, 6) is -1.00. The smallest absolute Gasteiger partial charge is 0.310 e. The Morgan fingerprint density at radius 3 is 2.90 bits per heavy atom. The van der Waals surface area contributed by atoms with Gasteiger partial charge in [-0.2, -0.15) is 0 Å². The molecule has 9 heteroatoms. The number of nitrogens with zero attached hydrogens (tertiary/aromatic N) is 3. The molecule has 1 saturated heterocycles. The number of amides is 1. The molecule has 1 aromatic heterocycles. The van der Waals surface area contributed by atoms with Gasteiger partial charge in [0, 0.05) is 31.5 Å². The third kappa shape index (κ3) is 5.24. The van der Waals surface area contributed by atoms with E-state index in [2.05, 4.69) is 15.2 Å². The van der Waals surface area contributed by atoms with Crippen molar-refractivity contribution in [2.45, 2.75) is 32.6 Å². The highest BCUT2D eigenvalue weighted by molar-refractivity contribution is 5.78. The number of hydrogen-bond donors (Lipinski definition) is 1. The number of aryl methyl sites for hydroxylation is 1. The number of rotatable bonds is 6. The van der Waals surface area contributed by atoms with Crippen LogP contribution in [0.4, 0.5) is 4.39 Å². The van der Waals surface area contributed by atoms with Crippen molar-refractivity contribution in [1.82, 2.24) is 20.1 Å². The van der Waals surface area contributed by atoms with Crippen molar-refractivity contribution in [3.05, 3.63) is 46.1 Å². The summed E-state index contributed by atoms with van der Waals surface area (Å²) in [5, 5.41) is 7.85. The maximum Gasteiger partial charge on any atom is 0.310 e. The van der Waals surface area contributed by atoms with Gasteiger partial charge in [0.25, 0.3) is 5.56 Å². The number of halogens is 1. The first-order valence-corrected chi connectivity index (χ1v) is 9.64. The molecular weight excluding hydrogens is 379 g/mol. The van der Waals surface area contributed by atoms with Crippen LogP contribution >= 0.6 is 0 Å². The molecule has 1 aliphatic heterocycles. The lowest BCUT2D eigenvalue weighted by Gasteiger charge is -2.31. The summed E-state index contributed by atoms with van der Waals surface area (Å²) in [6.45, 7) is 2.98. The fraction of sp³-hybridized carbons (Fsp3) is 0.450. The van der Waals surface area contributed by atoms with Crippen molar-refractivity contribution in [2.75, 3.05) is 19.7 Å². The summed E-state index contributed by atoms with van der Waals surface area (Å²) in [7, 11) is 0. The molecule has 0 aliphatic carbocycles. The first-order chi connectivity index (χ1) is 14.0. The molecule has 2 heterocycles. The molecule has 0 saturated carbocycles. The monoisotopic (exact) mass is 402 g/mol. The molecule has 0 unspecified atom stereocenters. The van der Waals surface area contributed by atoms with Gasteiger partial charge in [-0.3, -0.25) is 14.4 Å². The van der Waals surface area contributed by atoms with Crippen LogP contribution in [0.15, 0.2) is 29.1 Å². The highest BCUT2D eigenvalue weighted by Gasteiger charge is 2.29. The molecular formula is C20H23FN4O4. The van der Waals surface area contributed by atoms with E-state index in [9.17, 15) is 18.8 Å². The topological polar surface area (TPSA) is 105 Å². The number of hydrogen-bond acceptors (Lipinski definition) is 6. The molecule has 8 nitrogen and oxygen atoms in total. The maximum atomic E-state index is 13.3. The molecule has 0 radical (unpaired) electrons. The van der Waals surface area contributed by atoms with Gasteiger partial charge in [0.15, 0.2) is 5.82 Å². The van der Waals surface area contributed by atoms with Crippen LogP contribution in [0.25, 0.3) is 11.4 Å². The van der Waals surface area contributed by atoms with E-state index in [1.165, 1.54) is 18.2 Å². The van der Waals surface area contributed by atoms with E-state index in [0.29, 0.717) is 31.7 Å². The Balaban J connectivity index is 1.60. The van der Waals surface area contributed by atoms with Crippen molar-refractivity contribution >= 4 is 11.9 Å². The largest absolute Gasteiger partial charge is 0.466 e. The van der Waals surface area contributed by atoms with Gasteiger partial charge in [0.1, 0.15) is 11.5 Å². The van der Waals surface area contributed by atoms with Gasteiger partial charge in [-0.25, -0.2) is 4.39 Å². The Bertz CT molecular complexity index is 946. The molecule has 154 valence electrons. The van der Waals surface area contributed by atoms with E-state index in [-0.39, 0.29) is 42.2 Å². The zero-order valence-electron chi connectivity index (χ0n) is 16.2. The molecule has 1 N–H and O–H groups in total. The molecule has 1 atom stereocenters. The van der Waals surface area contributed by atoms with Crippen molar-refractivity contribution < 1.29 is 18.7 Å². The zero-order valence-corrected chi connectivity index (χ0v) is 16.2. The van der Waals surface area contributed by atoms with Crippen LogP contribution in [0, 0.1) is 11.7 Å². The minimum atomic E-state index is -0.463. The molecule has 1 fully saturated rings. The number of esters is 1. The van der Waals surface area contributed by atoms with Gasteiger partial charge >= 0.3 is 5.97 Å². The summed E-state index contributed by atoms with van der Waals surface area (Å²) in [5.41, 5.74) is 0.0862. The highest BCUT2D eigenvalue weighted by Crippen LogP contribution is 2.19. The molecule has 1 amide bonds. The predicted octanol–water partition coefficient (Wildman–Crippen LogP) is 1.71. The molecule has 0 spiro atoms. The number of H-pyrrole nitrogens is 1. The van der Waals surface area contributed by atoms with Crippen LogP contribution in [0.5, 0.6) is 0 Å². The van der Waals surface area contributed by atoms with Crippen molar-refractivity contribution in [1.29, 1.82) is 0 Å². The SMILES string of the molecule is CCOC(=O)[C@H]1CCCN(C(=O)CCc2nnc(-c3cccc(F)c3)[nH]c2=O)C1. The quantitative estimate of drug-likeness (QED) is 0.738. The van der Waals surface area contributed by atoms with Crippen LogP contribution in [0.2, 0.25) is 0 Å². The molecule has 1 aromatic carbocycles. The van der Waals surface area contributed by atoms with Crippen LogP contribution in [0.1, 0.15) is 31.9 Å². The normalized spacial score (nSPS) is 16.5. The van der Waals surface area contributed by atoms with E-state index in [4.69, 9.17) is 4.74 Å². The molecule has 29 heavy (non-hydrogen) atoms. The zero-order chi connectivity index (χ0) is 20.8. The van der Waals surface area contributed by atoms with Gasteiger partial charge in [-0.1, -0.05) is 12.1 Å². The predicted molar refractivity (Wildman–Crippen MR) is 102 cm³/mol. The molecule has 1 aliphatic rings. The maximum absolute atomic E-state index is 13.3. The van der Waals surface area contributed by atoms with Gasteiger partial charge < -0.3 is 14.6 Å². The van der Waals surface area contributed by atoms with Crippen molar-refractivity contribution in [2.24, 2.45) is 5.92 Å². The van der Waals surface area contributed by atoms with E-state index in [1.807, 2.05) is 0 Å². The first kappa shape index (κ1) is 20.6. The van der Waals surface area contributed by atoms with Crippen molar-refractivity contribution in [3.8, 4) is 11.4 Å². The van der Waals surface area contributed by atoms with Gasteiger partial charge in [-0.15, -0.1) is 10.2 Å². The highest BCUT2D eigenvalue weighted by atomic mass is 19.1. The van der Waals surface area contributed by atoms with Gasteiger partial charge in [0.05, 0.1) is 12.5 Å². The summed E-state index contributed by atoms with van der Waals surface area (Å²) in [6.07, 6.45) is 1.66. The van der Waals surface area contributed by atoms with Crippen LogP contribution in [-0.4, -0.2) is 51.7 Å². The second-order valence-corrected chi connectivity index (χ2v) is 6.89. The number of benzene rings is 1. The van der Waals surface area contributed by atoms with Gasteiger partial charge in [-0.05, 0) is 31.9 Å². The lowest BCUT2D eigenvalue weighted by molar-refractivity contribution is -0.151. The third-order valence-corrected chi connectivity index (χ3v) is 4.83.